The fraction of sp³-hybridized carbons (Fsp3) is 0. The monoisotopic (exact) mass is 482 g/mol. The maximum atomic E-state index is 12.8. The average molecular weight is 483 g/mol. The molecule has 5 rings (SSSR count). The number of hydrogen-bond acceptors (Lipinski definition) is 8. The quantitative estimate of drug-likeness (QED) is 0.264. The standard InChI is InChI=1S/C20H11ClN6O3S2/c21-12-2-1-3-13(8-12)26-19-14(9-22-26)18(23-17(24-19)11-6-7-31-10-11)25-20(28)15-4-5-16(32-15)27(29)30/h1-10H,(H,23,24,25,28). The summed E-state index contributed by atoms with van der Waals surface area (Å²) in [5, 5.41) is 22.9. The second-order valence-corrected chi connectivity index (χ2v) is 8.81. The number of halogens is 1. The van der Waals surface area contributed by atoms with Gasteiger partial charge in [0, 0.05) is 22.0 Å². The Hall–Kier alpha value is -3.67. The molecule has 0 saturated carbocycles. The normalized spacial score (nSPS) is 11.0. The van der Waals surface area contributed by atoms with Gasteiger partial charge >= 0.3 is 5.00 Å². The Bertz CT molecular complexity index is 1480. The number of nitrogens with one attached hydrogen (secondary N) is 1. The number of hydrogen-bond donors (Lipinski definition) is 1. The highest BCUT2D eigenvalue weighted by Gasteiger charge is 2.20. The van der Waals surface area contributed by atoms with E-state index in [2.05, 4.69) is 20.4 Å². The lowest BCUT2D eigenvalue weighted by molar-refractivity contribution is -0.380. The van der Waals surface area contributed by atoms with E-state index in [-0.39, 0.29) is 15.7 Å². The van der Waals surface area contributed by atoms with Gasteiger partial charge in [-0.3, -0.25) is 14.9 Å². The number of aromatic nitrogens is 4. The van der Waals surface area contributed by atoms with E-state index in [0.29, 0.717) is 27.6 Å². The third-order valence-electron chi connectivity index (χ3n) is 4.49. The first-order chi connectivity index (χ1) is 15.5. The summed E-state index contributed by atoms with van der Waals surface area (Å²) in [7, 11) is 0. The highest BCUT2D eigenvalue weighted by Crippen LogP contribution is 2.30. The van der Waals surface area contributed by atoms with Crippen molar-refractivity contribution in [1.29, 1.82) is 0 Å². The maximum Gasteiger partial charge on any atom is 0.324 e. The largest absolute Gasteiger partial charge is 0.324 e. The fourth-order valence-electron chi connectivity index (χ4n) is 3.04. The molecule has 4 aromatic heterocycles. The van der Waals surface area contributed by atoms with Crippen LogP contribution in [0.5, 0.6) is 0 Å². The molecule has 0 aliphatic carbocycles. The van der Waals surface area contributed by atoms with Crippen LogP contribution in [0.15, 0.2) is 59.4 Å². The van der Waals surface area contributed by atoms with Crippen LogP contribution in [0.25, 0.3) is 28.1 Å². The summed E-state index contributed by atoms with van der Waals surface area (Å²) < 4.78 is 1.62. The number of benzene rings is 1. The van der Waals surface area contributed by atoms with Crippen molar-refractivity contribution in [2.24, 2.45) is 0 Å². The van der Waals surface area contributed by atoms with Gasteiger partial charge in [-0.2, -0.15) is 16.4 Å². The minimum Gasteiger partial charge on any atom is -0.305 e. The zero-order valence-corrected chi connectivity index (χ0v) is 18.3. The van der Waals surface area contributed by atoms with Gasteiger partial charge in [0.25, 0.3) is 5.91 Å². The highest BCUT2D eigenvalue weighted by molar-refractivity contribution is 7.17. The summed E-state index contributed by atoms with van der Waals surface area (Å²) in [6.07, 6.45) is 1.56. The Morgan fingerprint density at radius 1 is 1.19 bits per heavy atom. The van der Waals surface area contributed by atoms with Crippen LogP contribution in [0.2, 0.25) is 5.02 Å². The molecule has 0 radical (unpaired) electrons. The molecule has 0 fully saturated rings. The van der Waals surface area contributed by atoms with E-state index in [1.165, 1.54) is 23.5 Å². The zero-order chi connectivity index (χ0) is 22.2. The molecular weight excluding hydrogens is 472 g/mol. The molecule has 0 spiro atoms. The maximum absolute atomic E-state index is 12.8. The Morgan fingerprint density at radius 3 is 2.78 bits per heavy atom. The van der Waals surface area contributed by atoms with Crippen molar-refractivity contribution < 1.29 is 9.72 Å². The van der Waals surface area contributed by atoms with Crippen molar-refractivity contribution in [3.05, 3.63) is 79.4 Å². The fourth-order valence-corrected chi connectivity index (χ4v) is 4.57. The van der Waals surface area contributed by atoms with Crippen LogP contribution in [-0.4, -0.2) is 30.6 Å². The average Bonchev–Trinajstić information content (AvgIpc) is 3.54. The van der Waals surface area contributed by atoms with E-state index < -0.39 is 10.8 Å². The van der Waals surface area contributed by atoms with Crippen LogP contribution in [0.3, 0.4) is 0 Å². The molecule has 0 bridgehead atoms. The number of amides is 1. The molecule has 1 amide bonds. The Labute approximate surface area is 193 Å². The summed E-state index contributed by atoms with van der Waals surface area (Å²) >= 11 is 8.43. The van der Waals surface area contributed by atoms with Gasteiger partial charge in [0.05, 0.1) is 27.1 Å². The molecule has 5 aromatic rings. The van der Waals surface area contributed by atoms with Crippen molar-refractivity contribution in [1.82, 2.24) is 19.7 Å². The molecule has 0 aliphatic heterocycles. The molecule has 0 saturated heterocycles. The predicted molar refractivity (Wildman–Crippen MR) is 124 cm³/mol. The van der Waals surface area contributed by atoms with Gasteiger partial charge in [-0.15, -0.1) is 0 Å². The van der Waals surface area contributed by atoms with Crippen molar-refractivity contribution >= 4 is 62.0 Å². The third kappa shape index (κ3) is 3.73. The molecule has 1 aromatic carbocycles. The van der Waals surface area contributed by atoms with Crippen LogP contribution < -0.4 is 5.32 Å². The second kappa shape index (κ2) is 8.11. The lowest BCUT2D eigenvalue weighted by Crippen LogP contribution is -2.12. The Morgan fingerprint density at radius 2 is 2.06 bits per heavy atom. The molecule has 9 nitrogen and oxygen atoms in total. The van der Waals surface area contributed by atoms with E-state index in [1.807, 2.05) is 22.9 Å². The van der Waals surface area contributed by atoms with Crippen LogP contribution in [0.4, 0.5) is 10.8 Å². The van der Waals surface area contributed by atoms with Crippen LogP contribution >= 0.6 is 34.3 Å². The number of carbonyl (C=O) groups is 1. The van der Waals surface area contributed by atoms with Crippen LogP contribution in [0.1, 0.15) is 9.67 Å². The second-order valence-electron chi connectivity index (χ2n) is 6.53. The molecule has 4 heterocycles. The third-order valence-corrected chi connectivity index (χ3v) is 6.44. The van der Waals surface area contributed by atoms with E-state index in [9.17, 15) is 14.9 Å². The summed E-state index contributed by atoms with van der Waals surface area (Å²) in [6.45, 7) is 0. The molecule has 0 atom stereocenters. The van der Waals surface area contributed by atoms with Gasteiger partial charge in [-0.1, -0.05) is 29.0 Å². The first kappa shape index (κ1) is 20.2. The molecule has 32 heavy (non-hydrogen) atoms. The molecular formula is C20H11ClN6O3S2. The molecule has 0 unspecified atom stereocenters. The van der Waals surface area contributed by atoms with Crippen LogP contribution in [-0.2, 0) is 0 Å². The lowest BCUT2D eigenvalue weighted by atomic mass is 10.3. The number of nitro groups is 1. The van der Waals surface area contributed by atoms with E-state index in [4.69, 9.17) is 11.6 Å². The van der Waals surface area contributed by atoms with E-state index in [1.54, 1.807) is 29.1 Å². The smallest absolute Gasteiger partial charge is 0.305 e. The number of anilines is 1. The van der Waals surface area contributed by atoms with E-state index in [0.717, 1.165) is 16.9 Å². The van der Waals surface area contributed by atoms with Gasteiger partial charge < -0.3 is 5.32 Å². The number of fused-ring (bicyclic) bond motifs is 1. The minimum absolute atomic E-state index is 0.115. The number of rotatable bonds is 5. The van der Waals surface area contributed by atoms with Crippen LogP contribution in [0, 0.1) is 10.1 Å². The summed E-state index contributed by atoms with van der Waals surface area (Å²) in [4.78, 5) is 32.6. The van der Waals surface area contributed by atoms with Gasteiger partial charge in [0.2, 0.25) is 0 Å². The summed E-state index contributed by atoms with van der Waals surface area (Å²) in [5.41, 5.74) is 1.97. The number of carbonyl (C=O) groups excluding carboxylic acids is 1. The molecule has 12 heteroatoms. The van der Waals surface area contributed by atoms with Crippen molar-refractivity contribution in [3.8, 4) is 17.1 Å². The highest BCUT2D eigenvalue weighted by atomic mass is 35.5. The Kier molecular flexibility index (Phi) is 5.13. The summed E-state index contributed by atoms with van der Waals surface area (Å²) in [5.74, 6) is 0.162. The van der Waals surface area contributed by atoms with Gasteiger partial charge in [-0.25, -0.2) is 14.6 Å². The van der Waals surface area contributed by atoms with Crippen molar-refractivity contribution in [3.63, 3.8) is 0 Å². The first-order valence-electron chi connectivity index (χ1n) is 9.09. The minimum atomic E-state index is -0.534. The molecule has 158 valence electrons. The Balaban J connectivity index is 1.62. The predicted octanol–water partition coefficient (Wildman–Crippen LogP) is 5.42. The summed E-state index contributed by atoms with van der Waals surface area (Å²) in [6, 6.07) is 11.7. The van der Waals surface area contributed by atoms with Crippen molar-refractivity contribution in [2.45, 2.75) is 0 Å². The first-order valence-corrected chi connectivity index (χ1v) is 11.2. The number of thiophene rings is 2. The number of nitrogens with zero attached hydrogens (tertiary/aromatic N) is 5. The van der Waals surface area contributed by atoms with Crippen molar-refractivity contribution in [2.75, 3.05) is 5.32 Å². The topological polar surface area (TPSA) is 116 Å². The lowest BCUT2D eigenvalue weighted by Gasteiger charge is -2.08. The molecule has 0 aliphatic rings. The zero-order valence-electron chi connectivity index (χ0n) is 15.9. The van der Waals surface area contributed by atoms with Gasteiger partial charge in [0.15, 0.2) is 11.5 Å². The van der Waals surface area contributed by atoms with Gasteiger partial charge in [-0.05, 0) is 35.7 Å². The molecule has 1 N–H and O–H groups in total. The van der Waals surface area contributed by atoms with Gasteiger partial charge in [0.1, 0.15) is 5.82 Å². The SMILES string of the molecule is O=C(Nc1nc(-c2ccsc2)nc2c1cnn2-c1cccc(Cl)c1)c1ccc([N+](=O)[O-])s1. The van der Waals surface area contributed by atoms with E-state index >= 15 is 0 Å².